The second-order valence-corrected chi connectivity index (χ2v) is 6.38. The molecule has 0 radical (unpaired) electrons. The van der Waals surface area contributed by atoms with Crippen molar-refractivity contribution in [3.05, 3.63) is 47.1 Å². The number of hydrogen-bond donors (Lipinski definition) is 1. The van der Waals surface area contributed by atoms with E-state index in [9.17, 15) is 9.59 Å². The molecule has 0 saturated carbocycles. The lowest BCUT2D eigenvalue weighted by Gasteiger charge is -2.19. The van der Waals surface area contributed by atoms with Crippen LogP contribution in [-0.2, 0) is 4.79 Å². The summed E-state index contributed by atoms with van der Waals surface area (Å²) in [6.07, 6.45) is 0.660. The zero-order valence-electron chi connectivity index (χ0n) is 13.0. The summed E-state index contributed by atoms with van der Waals surface area (Å²) >= 11 is 7.43. The van der Waals surface area contributed by atoms with Crippen LogP contribution in [0, 0.1) is 0 Å². The van der Waals surface area contributed by atoms with Crippen LogP contribution >= 0.6 is 23.4 Å². The standard InChI is InChI=1S/C16H16ClN3O3S/c1-2-9-20(10-15(21)22)16(23)12-7-8-14(19-18-12)24-13-6-4-3-5-11(13)17/h3-8H,2,9-10H2,1H3,(H,21,22). The largest absolute Gasteiger partial charge is 0.480 e. The van der Waals surface area contributed by atoms with Gasteiger partial charge in [-0.3, -0.25) is 9.59 Å². The first-order chi connectivity index (χ1) is 11.5. The minimum absolute atomic E-state index is 0.119. The highest BCUT2D eigenvalue weighted by Crippen LogP contribution is 2.31. The van der Waals surface area contributed by atoms with Crippen molar-refractivity contribution in [1.82, 2.24) is 15.1 Å². The molecule has 24 heavy (non-hydrogen) atoms. The fourth-order valence-corrected chi connectivity index (χ4v) is 2.98. The lowest BCUT2D eigenvalue weighted by Crippen LogP contribution is -2.36. The molecule has 0 aliphatic heterocycles. The maximum atomic E-state index is 12.3. The van der Waals surface area contributed by atoms with Gasteiger partial charge in [-0.05, 0) is 30.7 Å². The third kappa shape index (κ3) is 4.94. The maximum absolute atomic E-state index is 12.3. The molecule has 1 N–H and O–H groups in total. The number of halogens is 1. The number of carbonyl (C=O) groups excluding carboxylic acids is 1. The molecule has 1 aromatic heterocycles. The predicted octanol–water partition coefficient (Wildman–Crippen LogP) is 3.22. The molecule has 1 amide bonds. The Labute approximate surface area is 148 Å². The first-order valence-corrected chi connectivity index (χ1v) is 8.48. The number of amides is 1. The molecule has 0 aliphatic carbocycles. The lowest BCUT2D eigenvalue weighted by atomic mass is 10.3. The van der Waals surface area contributed by atoms with Crippen molar-refractivity contribution in [2.75, 3.05) is 13.1 Å². The summed E-state index contributed by atoms with van der Waals surface area (Å²) in [4.78, 5) is 25.3. The van der Waals surface area contributed by atoms with Gasteiger partial charge < -0.3 is 10.0 Å². The van der Waals surface area contributed by atoms with E-state index < -0.39 is 11.9 Å². The summed E-state index contributed by atoms with van der Waals surface area (Å²) in [5, 5.41) is 18.0. The Morgan fingerprint density at radius 2 is 1.96 bits per heavy atom. The molecule has 1 heterocycles. The van der Waals surface area contributed by atoms with E-state index in [1.54, 1.807) is 18.2 Å². The summed E-state index contributed by atoms with van der Waals surface area (Å²) < 4.78 is 0. The van der Waals surface area contributed by atoms with Crippen molar-refractivity contribution < 1.29 is 14.7 Å². The van der Waals surface area contributed by atoms with Crippen LogP contribution in [0.4, 0.5) is 0 Å². The Bertz CT molecular complexity index is 725. The molecular weight excluding hydrogens is 350 g/mol. The topological polar surface area (TPSA) is 83.4 Å². The van der Waals surface area contributed by atoms with Gasteiger partial charge in [-0.1, -0.05) is 42.4 Å². The lowest BCUT2D eigenvalue weighted by molar-refractivity contribution is -0.137. The average Bonchev–Trinajstić information content (AvgIpc) is 2.56. The molecular formula is C16H16ClN3O3S. The van der Waals surface area contributed by atoms with Crippen LogP contribution in [0.3, 0.4) is 0 Å². The number of rotatable bonds is 7. The molecule has 0 aliphatic rings. The molecule has 6 nitrogen and oxygen atoms in total. The first kappa shape index (κ1) is 18.2. The Hall–Kier alpha value is -2.12. The highest BCUT2D eigenvalue weighted by molar-refractivity contribution is 7.99. The van der Waals surface area contributed by atoms with Crippen molar-refractivity contribution in [2.24, 2.45) is 0 Å². The third-order valence-corrected chi connectivity index (χ3v) is 4.46. The van der Waals surface area contributed by atoms with Crippen LogP contribution in [-0.4, -0.2) is 45.2 Å². The quantitative estimate of drug-likeness (QED) is 0.811. The van der Waals surface area contributed by atoms with Crippen LogP contribution in [0.1, 0.15) is 23.8 Å². The highest BCUT2D eigenvalue weighted by atomic mass is 35.5. The second kappa shape index (κ2) is 8.65. The van der Waals surface area contributed by atoms with Gasteiger partial charge in [-0.15, -0.1) is 10.2 Å². The zero-order chi connectivity index (χ0) is 17.5. The number of benzene rings is 1. The fourth-order valence-electron chi connectivity index (χ4n) is 1.98. The molecule has 2 rings (SSSR count). The van der Waals surface area contributed by atoms with Gasteiger partial charge >= 0.3 is 5.97 Å². The van der Waals surface area contributed by atoms with Gasteiger partial charge in [-0.25, -0.2) is 0 Å². The molecule has 126 valence electrons. The Morgan fingerprint density at radius 1 is 1.21 bits per heavy atom. The van der Waals surface area contributed by atoms with E-state index >= 15 is 0 Å². The third-order valence-electron chi connectivity index (χ3n) is 3.02. The van der Waals surface area contributed by atoms with Crippen molar-refractivity contribution in [3.63, 3.8) is 0 Å². The number of aromatic nitrogens is 2. The van der Waals surface area contributed by atoms with Crippen LogP contribution in [0.2, 0.25) is 5.02 Å². The Balaban J connectivity index is 2.11. The van der Waals surface area contributed by atoms with Crippen molar-refractivity contribution in [3.8, 4) is 0 Å². The fraction of sp³-hybridized carbons (Fsp3) is 0.250. The van der Waals surface area contributed by atoms with E-state index in [0.717, 1.165) is 4.90 Å². The SMILES string of the molecule is CCCN(CC(=O)O)C(=O)c1ccc(Sc2ccccc2Cl)nn1. The number of aliphatic carboxylic acids is 1. The van der Waals surface area contributed by atoms with Crippen LogP contribution in [0.5, 0.6) is 0 Å². The van der Waals surface area contributed by atoms with Gasteiger partial charge in [0.15, 0.2) is 5.69 Å². The Kier molecular flexibility index (Phi) is 6.57. The van der Waals surface area contributed by atoms with Crippen molar-refractivity contribution >= 4 is 35.2 Å². The van der Waals surface area contributed by atoms with E-state index in [1.165, 1.54) is 16.7 Å². The van der Waals surface area contributed by atoms with E-state index in [2.05, 4.69) is 10.2 Å². The van der Waals surface area contributed by atoms with E-state index in [4.69, 9.17) is 16.7 Å². The molecule has 0 fully saturated rings. The van der Waals surface area contributed by atoms with Gasteiger partial charge in [0.25, 0.3) is 5.91 Å². The van der Waals surface area contributed by atoms with Crippen molar-refractivity contribution in [1.29, 1.82) is 0 Å². The monoisotopic (exact) mass is 365 g/mol. The van der Waals surface area contributed by atoms with E-state index in [-0.39, 0.29) is 12.2 Å². The number of carbonyl (C=O) groups is 2. The van der Waals surface area contributed by atoms with Gasteiger partial charge in [0.2, 0.25) is 0 Å². The van der Waals surface area contributed by atoms with Gasteiger partial charge in [0.05, 0.1) is 5.02 Å². The average molecular weight is 366 g/mol. The van der Waals surface area contributed by atoms with Crippen molar-refractivity contribution in [2.45, 2.75) is 23.3 Å². The molecule has 8 heteroatoms. The summed E-state index contributed by atoms with van der Waals surface area (Å²) in [7, 11) is 0. The molecule has 0 unspecified atom stereocenters. The smallest absolute Gasteiger partial charge is 0.323 e. The van der Waals surface area contributed by atoms with Gasteiger partial charge in [0.1, 0.15) is 11.6 Å². The predicted molar refractivity (Wildman–Crippen MR) is 91.4 cm³/mol. The summed E-state index contributed by atoms with van der Waals surface area (Å²) in [5.74, 6) is -1.50. The maximum Gasteiger partial charge on any atom is 0.323 e. The summed E-state index contributed by atoms with van der Waals surface area (Å²) in [6, 6.07) is 10.6. The number of carboxylic acid groups (broad SMARTS) is 1. The van der Waals surface area contributed by atoms with Crippen LogP contribution in [0.15, 0.2) is 46.3 Å². The Morgan fingerprint density at radius 3 is 2.54 bits per heavy atom. The first-order valence-electron chi connectivity index (χ1n) is 7.28. The second-order valence-electron chi connectivity index (χ2n) is 4.91. The molecule has 2 aromatic rings. The number of hydrogen-bond acceptors (Lipinski definition) is 5. The molecule has 0 bridgehead atoms. The van der Waals surface area contributed by atoms with E-state index in [0.29, 0.717) is 23.0 Å². The van der Waals surface area contributed by atoms with Crippen LogP contribution < -0.4 is 0 Å². The highest BCUT2D eigenvalue weighted by Gasteiger charge is 2.19. The van der Waals surface area contributed by atoms with Gasteiger partial charge in [-0.2, -0.15) is 0 Å². The molecule has 0 spiro atoms. The molecule has 0 atom stereocenters. The minimum atomic E-state index is -1.06. The summed E-state index contributed by atoms with van der Waals surface area (Å²) in [5.41, 5.74) is 0.119. The molecule has 0 saturated heterocycles. The minimum Gasteiger partial charge on any atom is -0.480 e. The van der Waals surface area contributed by atoms with E-state index in [1.807, 2.05) is 25.1 Å². The zero-order valence-corrected chi connectivity index (χ0v) is 14.5. The van der Waals surface area contributed by atoms with Crippen LogP contribution in [0.25, 0.3) is 0 Å². The van der Waals surface area contributed by atoms with Gasteiger partial charge in [0, 0.05) is 11.4 Å². The normalized spacial score (nSPS) is 10.4. The summed E-state index contributed by atoms with van der Waals surface area (Å²) in [6.45, 7) is 1.87. The molecule has 1 aromatic carbocycles. The number of carboxylic acids is 1. The number of nitrogens with zero attached hydrogens (tertiary/aromatic N) is 3.